The van der Waals surface area contributed by atoms with E-state index in [9.17, 15) is 0 Å². The second-order valence-corrected chi connectivity index (χ2v) is 5.33. The number of hydrogen-bond acceptors (Lipinski definition) is 4. The molecule has 0 spiro atoms. The number of thioether (sulfide) groups is 1. The number of hydrogen-bond donors (Lipinski definition) is 2. The van der Waals surface area contributed by atoms with Crippen LogP contribution >= 0.6 is 11.8 Å². The number of likely N-dealkylation sites (N-methyl/N-ethyl adjacent to an activating group) is 1. The number of anilines is 1. The molecule has 17 heavy (non-hydrogen) atoms. The van der Waals surface area contributed by atoms with Gasteiger partial charge in [-0.15, -0.1) is 11.8 Å². The summed E-state index contributed by atoms with van der Waals surface area (Å²) in [5.74, 6) is 0. The molecule has 1 fully saturated rings. The highest BCUT2D eigenvalue weighted by atomic mass is 32.2. The third-order valence-corrected chi connectivity index (χ3v) is 4.02. The maximum atomic E-state index is 3.51. The van der Waals surface area contributed by atoms with Crippen LogP contribution in [0.25, 0.3) is 0 Å². The molecule has 2 N–H and O–H groups in total. The lowest BCUT2D eigenvalue weighted by Gasteiger charge is -2.33. The highest BCUT2D eigenvalue weighted by Crippen LogP contribution is 2.17. The van der Waals surface area contributed by atoms with Crippen molar-refractivity contribution >= 4 is 17.4 Å². The first-order chi connectivity index (χ1) is 8.29. The summed E-state index contributed by atoms with van der Waals surface area (Å²) < 4.78 is 0. The third-order valence-electron chi connectivity index (χ3n) is 3.28. The van der Waals surface area contributed by atoms with Gasteiger partial charge in [0.2, 0.25) is 0 Å². The van der Waals surface area contributed by atoms with Crippen LogP contribution in [0.1, 0.15) is 0 Å². The van der Waals surface area contributed by atoms with Crippen LogP contribution in [0.4, 0.5) is 5.69 Å². The summed E-state index contributed by atoms with van der Waals surface area (Å²) in [4.78, 5) is 3.73. The highest BCUT2D eigenvalue weighted by Gasteiger charge is 2.17. The van der Waals surface area contributed by atoms with E-state index < -0.39 is 0 Å². The molecule has 94 valence electrons. The molecule has 1 saturated heterocycles. The van der Waals surface area contributed by atoms with E-state index in [1.165, 1.54) is 10.6 Å². The van der Waals surface area contributed by atoms with Gasteiger partial charge in [0.25, 0.3) is 0 Å². The zero-order valence-corrected chi connectivity index (χ0v) is 11.4. The maximum Gasteiger partial charge on any atom is 0.0390 e. The summed E-state index contributed by atoms with van der Waals surface area (Å²) in [7, 11) is 2.20. The molecule has 0 radical (unpaired) electrons. The minimum atomic E-state index is 0.587. The Labute approximate surface area is 108 Å². The quantitative estimate of drug-likeness (QED) is 0.797. The molecule has 0 bridgehead atoms. The van der Waals surface area contributed by atoms with Crippen molar-refractivity contribution in [1.82, 2.24) is 10.2 Å². The van der Waals surface area contributed by atoms with Crippen LogP contribution in [0.5, 0.6) is 0 Å². The molecular weight excluding hydrogens is 230 g/mol. The van der Waals surface area contributed by atoms with Gasteiger partial charge in [0.1, 0.15) is 0 Å². The predicted molar refractivity (Wildman–Crippen MR) is 76.0 cm³/mol. The first kappa shape index (κ1) is 12.7. The fourth-order valence-corrected chi connectivity index (χ4v) is 2.44. The Balaban J connectivity index is 1.84. The molecule has 1 aromatic rings. The second kappa shape index (κ2) is 6.28. The van der Waals surface area contributed by atoms with Gasteiger partial charge in [-0.25, -0.2) is 0 Å². The Bertz CT molecular complexity index is 339. The van der Waals surface area contributed by atoms with Crippen LogP contribution in [0.3, 0.4) is 0 Å². The Morgan fingerprint density at radius 1 is 1.41 bits per heavy atom. The molecule has 1 aliphatic rings. The van der Waals surface area contributed by atoms with Gasteiger partial charge in [0, 0.05) is 42.8 Å². The van der Waals surface area contributed by atoms with Gasteiger partial charge in [-0.2, -0.15) is 0 Å². The standard InChI is InChI=1S/C13H21N3S/c1-16-8-7-14-9-12(16)10-15-11-3-5-13(17-2)6-4-11/h3-6,12,14-15H,7-10H2,1-2H3. The van der Waals surface area contributed by atoms with Gasteiger partial charge in [0.05, 0.1) is 0 Å². The Kier molecular flexibility index (Phi) is 4.71. The van der Waals surface area contributed by atoms with Gasteiger partial charge < -0.3 is 10.6 Å². The molecule has 0 aliphatic carbocycles. The van der Waals surface area contributed by atoms with Crippen LogP contribution in [-0.4, -0.2) is 50.4 Å². The van der Waals surface area contributed by atoms with Crippen molar-refractivity contribution < 1.29 is 0 Å². The molecule has 1 unspecified atom stereocenters. The zero-order valence-electron chi connectivity index (χ0n) is 10.6. The summed E-state index contributed by atoms with van der Waals surface area (Å²) in [6.07, 6.45) is 2.10. The molecule has 0 aromatic heterocycles. The molecule has 1 heterocycles. The molecule has 3 nitrogen and oxygen atoms in total. The van der Waals surface area contributed by atoms with Crippen molar-refractivity contribution in [2.45, 2.75) is 10.9 Å². The SMILES string of the molecule is CSc1ccc(NCC2CNCCN2C)cc1. The minimum absolute atomic E-state index is 0.587. The number of nitrogens with one attached hydrogen (secondary N) is 2. The van der Waals surface area contributed by atoms with E-state index >= 15 is 0 Å². The van der Waals surface area contributed by atoms with Crippen molar-refractivity contribution in [2.75, 3.05) is 44.8 Å². The fourth-order valence-electron chi connectivity index (χ4n) is 2.04. The molecule has 4 heteroatoms. The van der Waals surface area contributed by atoms with Crippen molar-refractivity contribution in [3.05, 3.63) is 24.3 Å². The average Bonchev–Trinajstić information content (AvgIpc) is 2.38. The minimum Gasteiger partial charge on any atom is -0.383 e. The van der Waals surface area contributed by atoms with Crippen molar-refractivity contribution in [1.29, 1.82) is 0 Å². The van der Waals surface area contributed by atoms with Crippen molar-refractivity contribution in [3.63, 3.8) is 0 Å². The molecular formula is C13H21N3S. The van der Waals surface area contributed by atoms with E-state index in [0.717, 1.165) is 26.2 Å². The Hall–Kier alpha value is -0.710. The van der Waals surface area contributed by atoms with Crippen LogP contribution in [0.2, 0.25) is 0 Å². The topological polar surface area (TPSA) is 27.3 Å². The van der Waals surface area contributed by atoms with E-state index in [4.69, 9.17) is 0 Å². The van der Waals surface area contributed by atoms with Crippen molar-refractivity contribution in [2.24, 2.45) is 0 Å². The number of rotatable bonds is 4. The number of nitrogens with zero attached hydrogens (tertiary/aromatic N) is 1. The van der Waals surface area contributed by atoms with Crippen molar-refractivity contribution in [3.8, 4) is 0 Å². The molecule has 1 aromatic carbocycles. The zero-order chi connectivity index (χ0) is 12.1. The number of benzene rings is 1. The third kappa shape index (κ3) is 3.63. The van der Waals surface area contributed by atoms with Gasteiger partial charge in [-0.05, 0) is 37.6 Å². The van der Waals surface area contributed by atoms with E-state index in [0.29, 0.717) is 6.04 Å². The van der Waals surface area contributed by atoms with Gasteiger partial charge in [-0.1, -0.05) is 0 Å². The van der Waals surface area contributed by atoms with E-state index in [1.54, 1.807) is 11.8 Å². The largest absolute Gasteiger partial charge is 0.383 e. The van der Waals surface area contributed by atoms with Crippen LogP contribution in [-0.2, 0) is 0 Å². The van der Waals surface area contributed by atoms with Gasteiger partial charge in [0.15, 0.2) is 0 Å². The summed E-state index contributed by atoms with van der Waals surface area (Å²) in [5, 5.41) is 6.94. The normalized spacial score (nSPS) is 21.4. The summed E-state index contributed by atoms with van der Waals surface area (Å²) in [6, 6.07) is 9.22. The van der Waals surface area contributed by atoms with Crippen LogP contribution in [0.15, 0.2) is 29.2 Å². The summed E-state index contributed by atoms with van der Waals surface area (Å²) >= 11 is 1.78. The Morgan fingerprint density at radius 2 is 2.18 bits per heavy atom. The molecule has 1 aliphatic heterocycles. The average molecular weight is 251 g/mol. The lowest BCUT2D eigenvalue weighted by Crippen LogP contribution is -2.52. The molecule has 0 saturated carbocycles. The summed E-state index contributed by atoms with van der Waals surface area (Å²) in [6.45, 7) is 4.32. The second-order valence-electron chi connectivity index (χ2n) is 4.45. The maximum absolute atomic E-state index is 3.51. The smallest absolute Gasteiger partial charge is 0.0390 e. The monoisotopic (exact) mass is 251 g/mol. The summed E-state index contributed by atoms with van der Waals surface area (Å²) in [5.41, 5.74) is 1.21. The molecule has 0 amide bonds. The van der Waals surface area contributed by atoms with Gasteiger partial charge in [-0.3, -0.25) is 4.90 Å². The first-order valence-electron chi connectivity index (χ1n) is 6.08. The highest BCUT2D eigenvalue weighted by molar-refractivity contribution is 7.98. The first-order valence-corrected chi connectivity index (χ1v) is 7.31. The van der Waals surface area contributed by atoms with Crippen LogP contribution in [0, 0.1) is 0 Å². The van der Waals surface area contributed by atoms with E-state index in [-0.39, 0.29) is 0 Å². The predicted octanol–water partition coefficient (Wildman–Crippen LogP) is 1.72. The fraction of sp³-hybridized carbons (Fsp3) is 0.538. The number of piperazine rings is 1. The molecule has 2 rings (SSSR count). The lowest BCUT2D eigenvalue weighted by molar-refractivity contribution is 0.209. The van der Waals surface area contributed by atoms with Crippen LogP contribution < -0.4 is 10.6 Å². The Morgan fingerprint density at radius 3 is 2.82 bits per heavy atom. The van der Waals surface area contributed by atoms with E-state index in [1.807, 2.05) is 0 Å². The van der Waals surface area contributed by atoms with E-state index in [2.05, 4.69) is 53.1 Å². The molecule has 1 atom stereocenters. The van der Waals surface area contributed by atoms with Gasteiger partial charge >= 0.3 is 0 Å². The lowest BCUT2D eigenvalue weighted by atomic mass is 10.2.